The second-order valence-electron chi connectivity index (χ2n) is 4.39. The van der Waals surface area contributed by atoms with Crippen molar-refractivity contribution in [2.24, 2.45) is 0 Å². The third-order valence-corrected chi connectivity index (χ3v) is 3.41. The molecule has 86 valence electrons. The molecule has 1 aromatic rings. The minimum absolute atomic E-state index is 1.10. The Balaban J connectivity index is 2.31. The maximum Gasteiger partial charge on any atom is 0.0144 e. The fraction of sp³-hybridized carbons (Fsp3) is 0.467. The summed E-state index contributed by atoms with van der Waals surface area (Å²) in [4.78, 5) is 2.39. The van der Waals surface area contributed by atoms with Crippen molar-refractivity contribution in [3.63, 3.8) is 0 Å². The quantitative estimate of drug-likeness (QED) is 0.743. The van der Waals surface area contributed by atoms with Gasteiger partial charge in [-0.2, -0.15) is 0 Å². The van der Waals surface area contributed by atoms with Gasteiger partial charge in [-0.05, 0) is 49.8 Å². The average molecular weight is 215 g/mol. The molecule has 0 amide bonds. The summed E-state index contributed by atoms with van der Waals surface area (Å²) in [5, 5.41) is 0. The van der Waals surface area contributed by atoms with E-state index >= 15 is 0 Å². The molecule has 1 aromatic carbocycles. The van der Waals surface area contributed by atoms with Gasteiger partial charge in [-0.25, -0.2) is 0 Å². The highest BCUT2D eigenvalue weighted by atomic mass is 15.1. The van der Waals surface area contributed by atoms with E-state index in [1.807, 2.05) is 0 Å². The third kappa shape index (κ3) is 2.29. The number of allylic oxidation sites excluding steroid dienone is 1. The van der Waals surface area contributed by atoms with Crippen molar-refractivity contribution in [1.29, 1.82) is 0 Å². The molecule has 0 aliphatic heterocycles. The van der Waals surface area contributed by atoms with Gasteiger partial charge in [-0.15, -0.1) is 0 Å². The van der Waals surface area contributed by atoms with Gasteiger partial charge in [0, 0.05) is 19.3 Å². The van der Waals surface area contributed by atoms with Crippen molar-refractivity contribution < 1.29 is 0 Å². The molecule has 2 rings (SSSR count). The van der Waals surface area contributed by atoms with Crippen molar-refractivity contribution in [3.05, 3.63) is 41.6 Å². The van der Waals surface area contributed by atoms with Gasteiger partial charge >= 0.3 is 0 Å². The normalized spacial score (nSPS) is 17.2. The second-order valence-corrected chi connectivity index (χ2v) is 4.39. The van der Waals surface area contributed by atoms with Crippen LogP contribution in [0, 0.1) is 0 Å². The van der Waals surface area contributed by atoms with Crippen LogP contribution in [0.1, 0.15) is 37.8 Å². The highest BCUT2D eigenvalue weighted by Crippen LogP contribution is 2.30. The minimum Gasteiger partial charge on any atom is -0.378 e. The Morgan fingerprint density at radius 2 is 1.88 bits per heavy atom. The first-order valence-electron chi connectivity index (χ1n) is 6.38. The van der Waals surface area contributed by atoms with Crippen LogP contribution in [0.5, 0.6) is 0 Å². The summed E-state index contributed by atoms with van der Waals surface area (Å²) in [5.41, 5.74) is 4.51. The molecule has 0 radical (unpaired) electrons. The minimum atomic E-state index is 1.10. The average Bonchev–Trinajstić information content (AvgIpc) is 2.36. The van der Waals surface area contributed by atoms with E-state index in [1.54, 1.807) is 0 Å². The Morgan fingerprint density at radius 3 is 2.62 bits per heavy atom. The molecule has 16 heavy (non-hydrogen) atoms. The summed E-state index contributed by atoms with van der Waals surface area (Å²) in [6.07, 6.45) is 6.13. The van der Waals surface area contributed by atoms with Crippen molar-refractivity contribution in [2.75, 3.05) is 13.1 Å². The lowest BCUT2D eigenvalue weighted by Gasteiger charge is -2.23. The van der Waals surface area contributed by atoms with Crippen LogP contribution < -0.4 is 0 Å². The Kier molecular flexibility index (Phi) is 3.66. The lowest BCUT2D eigenvalue weighted by atomic mass is 9.88. The van der Waals surface area contributed by atoms with Crippen LogP contribution in [0.25, 0.3) is 5.57 Å². The molecule has 0 N–H and O–H groups in total. The number of rotatable bonds is 3. The SMILES string of the molecule is CCN(/C=C1\CCCc2ccccc21)CC. The molecular formula is C15H21N. The zero-order valence-electron chi connectivity index (χ0n) is 10.4. The van der Waals surface area contributed by atoms with Crippen molar-refractivity contribution >= 4 is 5.57 Å². The summed E-state index contributed by atoms with van der Waals surface area (Å²) >= 11 is 0. The standard InChI is InChI=1S/C15H21N/c1-3-16(4-2)12-14-10-7-9-13-8-5-6-11-15(13)14/h5-6,8,11-12H,3-4,7,9-10H2,1-2H3/b14-12+. The van der Waals surface area contributed by atoms with E-state index in [-0.39, 0.29) is 0 Å². The Bertz CT molecular complexity index is 375. The van der Waals surface area contributed by atoms with Gasteiger partial charge in [-0.1, -0.05) is 24.3 Å². The van der Waals surface area contributed by atoms with Crippen LogP contribution in [-0.4, -0.2) is 18.0 Å². The maximum atomic E-state index is 2.39. The number of hydrogen-bond donors (Lipinski definition) is 0. The summed E-state index contributed by atoms with van der Waals surface area (Å²) < 4.78 is 0. The Morgan fingerprint density at radius 1 is 1.12 bits per heavy atom. The molecule has 0 spiro atoms. The summed E-state index contributed by atoms with van der Waals surface area (Å²) in [7, 11) is 0. The fourth-order valence-corrected chi connectivity index (χ4v) is 2.42. The van der Waals surface area contributed by atoms with Gasteiger partial charge in [0.05, 0.1) is 0 Å². The Labute approximate surface area is 98.8 Å². The van der Waals surface area contributed by atoms with Gasteiger partial charge in [0.1, 0.15) is 0 Å². The summed E-state index contributed by atoms with van der Waals surface area (Å²) in [5.74, 6) is 0. The van der Waals surface area contributed by atoms with Gasteiger partial charge in [0.2, 0.25) is 0 Å². The van der Waals surface area contributed by atoms with E-state index in [9.17, 15) is 0 Å². The van der Waals surface area contributed by atoms with Gasteiger partial charge < -0.3 is 4.90 Å². The van der Waals surface area contributed by atoms with Gasteiger partial charge in [-0.3, -0.25) is 0 Å². The molecule has 1 aliphatic carbocycles. The number of hydrogen-bond acceptors (Lipinski definition) is 1. The van der Waals surface area contributed by atoms with Crippen molar-refractivity contribution in [1.82, 2.24) is 4.90 Å². The zero-order chi connectivity index (χ0) is 11.4. The molecule has 0 saturated heterocycles. The number of aryl methyl sites for hydroxylation is 1. The van der Waals surface area contributed by atoms with E-state index in [2.05, 4.69) is 49.2 Å². The van der Waals surface area contributed by atoms with Gasteiger partial charge in [0.15, 0.2) is 0 Å². The highest BCUT2D eigenvalue weighted by Gasteiger charge is 2.13. The lowest BCUT2D eigenvalue weighted by Crippen LogP contribution is -2.17. The van der Waals surface area contributed by atoms with Gasteiger partial charge in [0.25, 0.3) is 0 Å². The van der Waals surface area contributed by atoms with E-state index in [4.69, 9.17) is 0 Å². The molecule has 1 heteroatoms. The highest BCUT2D eigenvalue weighted by molar-refractivity contribution is 5.69. The molecule has 0 bridgehead atoms. The summed E-state index contributed by atoms with van der Waals surface area (Å²) in [6, 6.07) is 8.84. The largest absolute Gasteiger partial charge is 0.378 e. The molecular weight excluding hydrogens is 194 g/mol. The van der Waals surface area contributed by atoms with Crippen molar-refractivity contribution in [2.45, 2.75) is 33.1 Å². The molecule has 0 fully saturated rings. The summed E-state index contributed by atoms with van der Waals surface area (Å²) in [6.45, 7) is 6.63. The predicted octanol–water partition coefficient (Wildman–Crippen LogP) is 3.71. The van der Waals surface area contributed by atoms with E-state index in [0.717, 1.165) is 13.1 Å². The first-order valence-corrected chi connectivity index (χ1v) is 6.38. The van der Waals surface area contributed by atoms with Crippen LogP contribution in [0.4, 0.5) is 0 Å². The van der Waals surface area contributed by atoms with Crippen molar-refractivity contribution in [3.8, 4) is 0 Å². The third-order valence-electron chi connectivity index (χ3n) is 3.41. The molecule has 1 nitrogen and oxygen atoms in total. The van der Waals surface area contributed by atoms with E-state index in [0.29, 0.717) is 0 Å². The topological polar surface area (TPSA) is 3.24 Å². The monoisotopic (exact) mass is 215 g/mol. The molecule has 0 atom stereocenters. The number of nitrogens with zero attached hydrogens (tertiary/aromatic N) is 1. The first kappa shape index (κ1) is 11.3. The zero-order valence-corrected chi connectivity index (χ0v) is 10.4. The fourth-order valence-electron chi connectivity index (χ4n) is 2.42. The Hall–Kier alpha value is -1.24. The van der Waals surface area contributed by atoms with Crippen LogP contribution >= 0.6 is 0 Å². The molecule has 0 unspecified atom stereocenters. The van der Waals surface area contributed by atoms with E-state index in [1.165, 1.54) is 36.0 Å². The van der Waals surface area contributed by atoms with Crippen LogP contribution in [0.3, 0.4) is 0 Å². The number of benzene rings is 1. The predicted molar refractivity (Wildman–Crippen MR) is 70.3 cm³/mol. The molecule has 0 aromatic heterocycles. The molecule has 0 heterocycles. The molecule has 1 aliphatic rings. The van der Waals surface area contributed by atoms with Crippen LogP contribution in [0.15, 0.2) is 30.5 Å². The smallest absolute Gasteiger partial charge is 0.0144 e. The molecule has 0 saturated carbocycles. The lowest BCUT2D eigenvalue weighted by molar-refractivity contribution is 0.419. The second kappa shape index (κ2) is 5.20. The van der Waals surface area contributed by atoms with E-state index < -0.39 is 0 Å². The maximum absolute atomic E-state index is 2.39. The van der Waals surface area contributed by atoms with Crippen LogP contribution in [-0.2, 0) is 6.42 Å². The van der Waals surface area contributed by atoms with Crippen LogP contribution in [0.2, 0.25) is 0 Å². The first-order chi connectivity index (χ1) is 7.85. The number of fused-ring (bicyclic) bond motifs is 1.